The van der Waals surface area contributed by atoms with Gasteiger partial charge in [-0.05, 0) is 31.6 Å². The Morgan fingerprint density at radius 3 is 2.00 bits per heavy atom. The molecule has 0 radical (unpaired) electrons. The molecule has 0 aromatic rings. The van der Waals surface area contributed by atoms with E-state index in [9.17, 15) is 0 Å². The summed E-state index contributed by atoms with van der Waals surface area (Å²) in [5.74, 6) is 0.822. The Morgan fingerprint density at radius 1 is 1.00 bits per heavy atom. The van der Waals surface area contributed by atoms with Crippen LogP contribution in [0.4, 0.5) is 0 Å². The van der Waals surface area contributed by atoms with Crippen LogP contribution in [0.15, 0.2) is 0 Å². The van der Waals surface area contributed by atoms with Crippen molar-refractivity contribution in [3.8, 4) is 0 Å². The SMILES string of the molecule is COC1CN(CC2CCC(N)CC2)CC1OC. The van der Waals surface area contributed by atoms with Gasteiger partial charge in [-0.1, -0.05) is 0 Å². The van der Waals surface area contributed by atoms with Gasteiger partial charge in [-0.3, -0.25) is 4.90 Å². The summed E-state index contributed by atoms with van der Waals surface area (Å²) in [5, 5.41) is 0. The van der Waals surface area contributed by atoms with Crippen LogP contribution in [-0.4, -0.2) is 57.0 Å². The molecule has 2 rings (SSSR count). The normalized spacial score (nSPS) is 39.7. The van der Waals surface area contributed by atoms with Crippen LogP contribution in [-0.2, 0) is 9.47 Å². The summed E-state index contributed by atoms with van der Waals surface area (Å²) in [6.07, 6.45) is 5.44. The Labute approximate surface area is 104 Å². The second kappa shape index (κ2) is 6.14. The van der Waals surface area contributed by atoms with E-state index in [1.54, 1.807) is 14.2 Å². The van der Waals surface area contributed by atoms with Gasteiger partial charge < -0.3 is 15.2 Å². The molecule has 2 atom stereocenters. The fraction of sp³-hybridized carbons (Fsp3) is 1.00. The van der Waals surface area contributed by atoms with Crippen molar-refractivity contribution in [1.82, 2.24) is 4.90 Å². The van der Waals surface area contributed by atoms with Gasteiger partial charge in [0.2, 0.25) is 0 Å². The zero-order chi connectivity index (χ0) is 12.3. The van der Waals surface area contributed by atoms with Crippen LogP contribution >= 0.6 is 0 Å². The minimum atomic E-state index is 0.242. The van der Waals surface area contributed by atoms with Crippen molar-refractivity contribution in [3.63, 3.8) is 0 Å². The maximum Gasteiger partial charge on any atom is 0.0971 e. The average Bonchev–Trinajstić information content (AvgIpc) is 2.74. The van der Waals surface area contributed by atoms with Gasteiger partial charge in [0.15, 0.2) is 0 Å². The van der Waals surface area contributed by atoms with Crippen LogP contribution in [0.3, 0.4) is 0 Å². The molecule has 17 heavy (non-hydrogen) atoms. The number of likely N-dealkylation sites (tertiary alicyclic amines) is 1. The molecule has 2 aliphatic rings. The minimum Gasteiger partial charge on any atom is -0.377 e. The molecule has 1 saturated carbocycles. The Bertz CT molecular complexity index is 217. The van der Waals surface area contributed by atoms with E-state index in [1.807, 2.05) is 0 Å². The third kappa shape index (κ3) is 3.41. The molecule has 1 aliphatic carbocycles. The summed E-state index contributed by atoms with van der Waals surface area (Å²) >= 11 is 0. The van der Waals surface area contributed by atoms with E-state index in [0.717, 1.165) is 19.0 Å². The fourth-order valence-corrected chi connectivity index (χ4v) is 3.16. The van der Waals surface area contributed by atoms with Crippen molar-refractivity contribution in [2.24, 2.45) is 11.7 Å². The lowest BCUT2D eigenvalue weighted by Gasteiger charge is -2.29. The van der Waals surface area contributed by atoms with Crippen LogP contribution in [0.5, 0.6) is 0 Å². The van der Waals surface area contributed by atoms with E-state index in [-0.39, 0.29) is 12.2 Å². The Morgan fingerprint density at radius 2 is 1.53 bits per heavy atom. The molecule has 100 valence electrons. The molecule has 0 aromatic heterocycles. The summed E-state index contributed by atoms with van der Waals surface area (Å²) < 4.78 is 10.9. The average molecular weight is 242 g/mol. The molecule has 2 fully saturated rings. The first-order chi connectivity index (χ1) is 8.22. The maximum absolute atomic E-state index is 5.94. The van der Waals surface area contributed by atoms with Gasteiger partial charge in [-0.15, -0.1) is 0 Å². The van der Waals surface area contributed by atoms with Crippen molar-refractivity contribution in [3.05, 3.63) is 0 Å². The van der Waals surface area contributed by atoms with Gasteiger partial charge in [-0.2, -0.15) is 0 Å². The number of nitrogens with zero attached hydrogens (tertiary/aromatic N) is 1. The zero-order valence-electron chi connectivity index (χ0n) is 11.1. The van der Waals surface area contributed by atoms with E-state index in [2.05, 4.69) is 4.90 Å². The molecule has 1 saturated heterocycles. The summed E-state index contributed by atoms with van der Waals surface area (Å²) in [6.45, 7) is 3.21. The third-order valence-corrected chi connectivity index (χ3v) is 4.30. The summed E-state index contributed by atoms with van der Waals surface area (Å²) in [5.41, 5.74) is 5.94. The maximum atomic E-state index is 5.94. The predicted octanol–water partition coefficient (Wildman–Crippen LogP) is 0.850. The molecule has 1 aliphatic heterocycles. The lowest BCUT2D eigenvalue weighted by molar-refractivity contribution is -0.00461. The van der Waals surface area contributed by atoms with Crippen molar-refractivity contribution in [1.29, 1.82) is 0 Å². The van der Waals surface area contributed by atoms with Crippen molar-refractivity contribution < 1.29 is 9.47 Å². The van der Waals surface area contributed by atoms with Crippen LogP contribution in [0.25, 0.3) is 0 Å². The lowest BCUT2D eigenvalue weighted by atomic mass is 9.86. The number of rotatable bonds is 4. The van der Waals surface area contributed by atoms with E-state index in [4.69, 9.17) is 15.2 Å². The molecule has 4 heteroatoms. The van der Waals surface area contributed by atoms with Crippen LogP contribution in [0, 0.1) is 5.92 Å². The van der Waals surface area contributed by atoms with Crippen LogP contribution in [0.1, 0.15) is 25.7 Å². The highest BCUT2D eigenvalue weighted by atomic mass is 16.5. The van der Waals surface area contributed by atoms with Crippen LogP contribution in [0.2, 0.25) is 0 Å². The second-order valence-electron chi connectivity index (χ2n) is 5.55. The van der Waals surface area contributed by atoms with E-state index >= 15 is 0 Å². The van der Waals surface area contributed by atoms with Crippen molar-refractivity contribution in [2.45, 2.75) is 43.9 Å². The molecule has 0 bridgehead atoms. The van der Waals surface area contributed by atoms with Gasteiger partial charge in [0.25, 0.3) is 0 Å². The number of ether oxygens (including phenoxy) is 2. The third-order valence-electron chi connectivity index (χ3n) is 4.30. The summed E-state index contributed by atoms with van der Waals surface area (Å²) in [7, 11) is 3.56. The van der Waals surface area contributed by atoms with E-state index in [0.29, 0.717) is 6.04 Å². The molecule has 0 aromatic carbocycles. The predicted molar refractivity (Wildman–Crippen MR) is 68.0 cm³/mol. The lowest BCUT2D eigenvalue weighted by Crippen LogP contribution is -2.34. The van der Waals surface area contributed by atoms with Crippen molar-refractivity contribution >= 4 is 0 Å². The Hall–Kier alpha value is -0.160. The number of methoxy groups -OCH3 is 2. The Kier molecular flexibility index (Phi) is 4.79. The first-order valence-corrected chi connectivity index (χ1v) is 6.76. The van der Waals surface area contributed by atoms with Gasteiger partial charge in [0, 0.05) is 39.9 Å². The molecule has 2 N–H and O–H groups in total. The fourth-order valence-electron chi connectivity index (χ4n) is 3.16. The highest BCUT2D eigenvalue weighted by molar-refractivity contribution is 4.87. The summed E-state index contributed by atoms with van der Waals surface area (Å²) in [6, 6.07) is 0.447. The monoisotopic (exact) mass is 242 g/mol. The second-order valence-corrected chi connectivity index (χ2v) is 5.55. The number of nitrogens with two attached hydrogens (primary N) is 1. The Balaban J connectivity index is 1.76. The molecule has 0 amide bonds. The largest absolute Gasteiger partial charge is 0.377 e. The standard InChI is InChI=1S/C13H26N2O2/c1-16-12-8-15(9-13(12)17-2)7-10-3-5-11(14)6-4-10/h10-13H,3-9,14H2,1-2H3. The highest BCUT2D eigenvalue weighted by Crippen LogP contribution is 2.26. The molecule has 0 spiro atoms. The minimum absolute atomic E-state index is 0.242. The smallest absolute Gasteiger partial charge is 0.0971 e. The van der Waals surface area contributed by atoms with Gasteiger partial charge >= 0.3 is 0 Å². The molecular formula is C13H26N2O2. The van der Waals surface area contributed by atoms with E-state index in [1.165, 1.54) is 32.2 Å². The quantitative estimate of drug-likeness (QED) is 0.794. The van der Waals surface area contributed by atoms with Crippen molar-refractivity contribution in [2.75, 3.05) is 33.9 Å². The van der Waals surface area contributed by atoms with E-state index < -0.39 is 0 Å². The molecule has 4 nitrogen and oxygen atoms in total. The first kappa shape index (κ1) is 13.3. The molecule has 1 heterocycles. The van der Waals surface area contributed by atoms with Gasteiger partial charge in [0.05, 0.1) is 12.2 Å². The zero-order valence-corrected chi connectivity index (χ0v) is 11.1. The number of hydrogen-bond acceptors (Lipinski definition) is 4. The summed E-state index contributed by atoms with van der Waals surface area (Å²) in [4.78, 5) is 2.49. The highest BCUT2D eigenvalue weighted by Gasteiger charge is 2.34. The number of hydrogen-bond donors (Lipinski definition) is 1. The van der Waals surface area contributed by atoms with Gasteiger partial charge in [0.1, 0.15) is 0 Å². The molecule has 2 unspecified atom stereocenters. The first-order valence-electron chi connectivity index (χ1n) is 6.76. The van der Waals surface area contributed by atoms with Crippen LogP contribution < -0.4 is 5.73 Å². The topological polar surface area (TPSA) is 47.7 Å². The molecular weight excluding hydrogens is 216 g/mol. The van der Waals surface area contributed by atoms with Gasteiger partial charge in [-0.25, -0.2) is 0 Å².